The first-order valence-electron chi connectivity index (χ1n) is 7.48. The molecule has 19 heavy (non-hydrogen) atoms. The Bertz CT molecular complexity index is 440. The van der Waals surface area contributed by atoms with Crippen molar-refractivity contribution in [1.82, 2.24) is 0 Å². The van der Waals surface area contributed by atoms with Gasteiger partial charge in [0.1, 0.15) is 0 Å². The van der Waals surface area contributed by atoms with E-state index in [0.29, 0.717) is 5.56 Å². The average Bonchev–Trinajstić information content (AvgIpc) is 2.43. The van der Waals surface area contributed by atoms with Crippen molar-refractivity contribution in [2.45, 2.75) is 66.7 Å². The zero-order valence-electron chi connectivity index (χ0n) is 12.9. The molecule has 0 amide bonds. The fraction of sp³-hybridized carbons (Fsp3) is 0.588. The summed E-state index contributed by atoms with van der Waals surface area (Å²) in [4.78, 5) is 11.7. The van der Waals surface area contributed by atoms with Crippen LogP contribution in [-0.2, 0) is 32.1 Å². The lowest BCUT2D eigenvalue weighted by molar-refractivity contribution is 0.0694. The minimum atomic E-state index is -0.763. The maximum Gasteiger partial charge on any atom is 0.336 e. The Morgan fingerprint density at radius 2 is 0.947 bits per heavy atom. The van der Waals surface area contributed by atoms with Crippen LogP contribution in [-0.4, -0.2) is 11.1 Å². The molecule has 0 unspecified atom stereocenters. The molecular weight excluding hydrogens is 236 g/mol. The monoisotopic (exact) mass is 262 g/mol. The van der Waals surface area contributed by atoms with Crippen LogP contribution in [0.3, 0.4) is 0 Å². The number of carboxylic acids is 1. The van der Waals surface area contributed by atoms with Crippen LogP contribution >= 0.6 is 0 Å². The number of carboxylic acid groups (broad SMARTS) is 1. The summed E-state index contributed by atoms with van der Waals surface area (Å²) in [5, 5.41) is 9.61. The highest BCUT2D eigenvalue weighted by Gasteiger charge is 2.23. The van der Waals surface area contributed by atoms with Crippen molar-refractivity contribution in [2.75, 3.05) is 0 Å². The van der Waals surface area contributed by atoms with Gasteiger partial charge in [-0.1, -0.05) is 34.6 Å². The van der Waals surface area contributed by atoms with E-state index in [1.807, 2.05) is 0 Å². The van der Waals surface area contributed by atoms with Crippen molar-refractivity contribution in [2.24, 2.45) is 0 Å². The SMILES string of the molecule is CCc1c(CC)c(CC)c(C(=O)O)c(CC)c1CC. The first-order valence-corrected chi connectivity index (χ1v) is 7.48. The highest BCUT2D eigenvalue weighted by atomic mass is 16.4. The van der Waals surface area contributed by atoms with Gasteiger partial charge >= 0.3 is 5.97 Å². The highest BCUT2D eigenvalue weighted by Crippen LogP contribution is 2.31. The smallest absolute Gasteiger partial charge is 0.336 e. The summed E-state index contributed by atoms with van der Waals surface area (Å²) >= 11 is 0. The summed E-state index contributed by atoms with van der Waals surface area (Å²) in [5.41, 5.74) is 6.63. The fourth-order valence-corrected chi connectivity index (χ4v) is 3.35. The van der Waals surface area contributed by atoms with E-state index in [-0.39, 0.29) is 0 Å². The van der Waals surface area contributed by atoms with Crippen LogP contribution in [0.1, 0.15) is 72.8 Å². The zero-order chi connectivity index (χ0) is 14.6. The molecule has 0 fully saturated rings. The Morgan fingerprint density at radius 3 is 1.16 bits per heavy atom. The van der Waals surface area contributed by atoms with Crippen molar-refractivity contribution >= 4 is 5.97 Å². The van der Waals surface area contributed by atoms with Crippen LogP contribution in [0, 0.1) is 0 Å². The Hall–Kier alpha value is -1.31. The largest absolute Gasteiger partial charge is 0.478 e. The molecule has 0 atom stereocenters. The molecule has 0 saturated heterocycles. The van der Waals surface area contributed by atoms with E-state index in [4.69, 9.17) is 0 Å². The van der Waals surface area contributed by atoms with Gasteiger partial charge < -0.3 is 5.11 Å². The van der Waals surface area contributed by atoms with Crippen molar-refractivity contribution in [3.8, 4) is 0 Å². The van der Waals surface area contributed by atoms with Crippen molar-refractivity contribution in [3.63, 3.8) is 0 Å². The van der Waals surface area contributed by atoms with Crippen LogP contribution in [0.5, 0.6) is 0 Å². The second-order valence-electron chi connectivity index (χ2n) is 4.84. The summed E-state index contributed by atoms with van der Waals surface area (Å²) < 4.78 is 0. The first-order chi connectivity index (χ1) is 9.06. The van der Waals surface area contributed by atoms with Gasteiger partial charge in [0.2, 0.25) is 0 Å². The van der Waals surface area contributed by atoms with Crippen LogP contribution in [0.4, 0.5) is 0 Å². The Labute approximate surface area is 116 Å². The molecule has 1 aromatic carbocycles. The fourth-order valence-electron chi connectivity index (χ4n) is 3.35. The number of rotatable bonds is 6. The van der Waals surface area contributed by atoms with Gasteiger partial charge in [0.15, 0.2) is 0 Å². The molecule has 0 aliphatic rings. The molecule has 1 N–H and O–H groups in total. The molecule has 106 valence electrons. The van der Waals surface area contributed by atoms with Gasteiger partial charge in [0.05, 0.1) is 5.56 Å². The normalized spacial score (nSPS) is 10.8. The van der Waals surface area contributed by atoms with Crippen LogP contribution < -0.4 is 0 Å². The lowest BCUT2D eigenvalue weighted by Gasteiger charge is -2.23. The Morgan fingerprint density at radius 1 is 0.684 bits per heavy atom. The molecule has 2 heteroatoms. The van der Waals surface area contributed by atoms with E-state index in [1.54, 1.807) is 0 Å². The predicted octanol–water partition coefficient (Wildman–Crippen LogP) is 4.20. The van der Waals surface area contributed by atoms with E-state index < -0.39 is 5.97 Å². The van der Waals surface area contributed by atoms with Crippen molar-refractivity contribution in [3.05, 3.63) is 33.4 Å². The van der Waals surface area contributed by atoms with Gasteiger partial charge in [-0.15, -0.1) is 0 Å². The summed E-state index contributed by atoms with van der Waals surface area (Å²) in [5.74, 6) is -0.763. The maximum atomic E-state index is 11.7. The summed E-state index contributed by atoms with van der Waals surface area (Å²) in [6.07, 6.45) is 4.43. The molecule has 0 bridgehead atoms. The molecule has 2 nitrogen and oxygen atoms in total. The topological polar surface area (TPSA) is 37.3 Å². The standard InChI is InChI=1S/C17H26O2/c1-6-11-12(7-2)14(9-4)16(17(18)19)15(10-5)13(11)8-3/h6-10H2,1-5H3,(H,18,19). The van der Waals surface area contributed by atoms with Gasteiger partial charge in [0.25, 0.3) is 0 Å². The minimum absolute atomic E-state index is 0.580. The Balaban J connectivity index is 3.85. The van der Waals surface area contributed by atoms with Crippen molar-refractivity contribution in [1.29, 1.82) is 0 Å². The van der Waals surface area contributed by atoms with Crippen LogP contribution in [0.15, 0.2) is 0 Å². The minimum Gasteiger partial charge on any atom is -0.478 e. The second kappa shape index (κ2) is 6.74. The first kappa shape index (κ1) is 15.7. The second-order valence-corrected chi connectivity index (χ2v) is 4.84. The molecule has 0 saturated carbocycles. The molecule has 0 heterocycles. The van der Waals surface area contributed by atoms with Crippen LogP contribution in [0.25, 0.3) is 0 Å². The predicted molar refractivity (Wildman–Crippen MR) is 80.3 cm³/mol. The molecule has 0 aromatic heterocycles. The number of hydrogen-bond acceptors (Lipinski definition) is 1. The van der Waals surface area contributed by atoms with E-state index >= 15 is 0 Å². The molecule has 1 rings (SSSR count). The number of aromatic carboxylic acids is 1. The molecule has 1 aromatic rings. The number of carbonyl (C=O) groups is 1. The van der Waals surface area contributed by atoms with Gasteiger partial charge in [-0.05, 0) is 59.9 Å². The third-order valence-corrected chi connectivity index (χ3v) is 4.04. The zero-order valence-corrected chi connectivity index (χ0v) is 12.9. The van der Waals surface area contributed by atoms with E-state index in [1.165, 1.54) is 16.7 Å². The molecule has 0 aliphatic carbocycles. The lowest BCUT2D eigenvalue weighted by atomic mass is 9.82. The van der Waals surface area contributed by atoms with Crippen molar-refractivity contribution < 1.29 is 9.90 Å². The maximum absolute atomic E-state index is 11.7. The van der Waals surface area contributed by atoms with E-state index in [0.717, 1.165) is 43.2 Å². The molecule has 0 aliphatic heterocycles. The number of benzene rings is 1. The lowest BCUT2D eigenvalue weighted by Crippen LogP contribution is -2.15. The van der Waals surface area contributed by atoms with Crippen LogP contribution in [0.2, 0.25) is 0 Å². The van der Waals surface area contributed by atoms with E-state index in [9.17, 15) is 9.90 Å². The molecular formula is C17H26O2. The Kier molecular flexibility index (Phi) is 5.59. The molecule has 0 spiro atoms. The molecule has 0 radical (unpaired) electrons. The highest BCUT2D eigenvalue weighted by molar-refractivity contribution is 5.92. The number of hydrogen-bond donors (Lipinski definition) is 1. The third-order valence-electron chi connectivity index (χ3n) is 4.04. The van der Waals surface area contributed by atoms with Gasteiger partial charge in [-0.2, -0.15) is 0 Å². The summed E-state index contributed by atoms with van der Waals surface area (Å²) in [7, 11) is 0. The van der Waals surface area contributed by atoms with Gasteiger partial charge in [-0.25, -0.2) is 4.79 Å². The van der Waals surface area contributed by atoms with Gasteiger partial charge in [0, 0.05) is 0 Å². The summed E-state index contributed by atoms with van der Waals surface area (Å²) in [6, 6.07) is 0. The quantitative estimate of drug-likeness (QED) is 0.834. The average molecular weight is 262 g/mol. The third kappa shape index (κ3) is 2.68. The van der Waals surface area contributed by atoms with Gasteiger partial charge in [-0.3, -0.25) is 0 Å². The summed E-state index contributed by atoms with van der Waals surface area (Å²) in [6.45, 7) is 10.6. The van der Waals surface area contributed by atoms with E-state index in [2.05, 4.69) is 34.6 Å².